The van der Waals surface area contributed by atoms with E-state index < -0.39 is 15.9 Å². The zero-order chi connectivity index (χ0) is 23.2. The third kappa shape index (κ3) is 3.59. The summed E-state index contributed by atoms with van der Waals surface area (Å²) in [6.45, 7) is 1.63. The Morgan fingerprint density at radius 3 is 2.55 bits per heavy atom. The molecule has 5 rings (SSSR count). The number of aliphatic hydroxyl groups excluding tert-OH is 1. The highest BCUT2D eigenvalue weighted by Gasteiger charge is 2.32. The lowest BCUT2D eigenvalue weighted by atomic mass is 9.90. The first kappa shape index (κ1) is 21.6. The molecule has 3 heterocycles. The average Bonchev–Trinajstić information content (AvgIpc) is 3.44. The molecule has 1 atom stereocenters. The number of hydrogen-bond donors (Lipinski definition) is 3. The van der Waals surface area contributed by atoms with Gasteiger partial charge < -0.3 is 20.0 Å². The monoisotopic (exact) mass is 467 g/mol. The van der Waals surface area contributed by atoms with Crippen molar-refractivity contribution in [3.05, 3.63) is 48.4 Å². The van der Waals surface area contributed by atoms with Crippen LogP contribution >= 0.6 is 0 Å². The van der Waals surface area contributed by atoms with E-state index in [1.807, 2.05) is 10.6 Å². The van der Waals surface area contributed by atoms with Crippen molar-refractivity contribution in [1.29, 1.82) is 0 Å². The Hall–Kier alpha value is -3.24. The molecule has 3 N–H and O–H groups in total. The summed E-state index contributed by atoms with van der Waals surface area (Å²) >= 11 is 0. The van der Waals surface area contributed by atoms with Crippen molar-refractivity contribution in [2.24, 2.45) is 0 Å². The summed E-state index contributed by atoms with van der Waals surface area (Å²) < 4.78 is 29.1. The van der Waals surface area contributed by atoms with Gasteiger partial charge in [0.05, 0.1) is 10.4 Å². The van der Waals surface area contributed by atoms with Crippen LogP contribution in [0.4, 0.5) is 0 Å². The maximum absolute atomic E-state index is 13.6. The molecule has 0 radical (unpaired) electrons. The Morgan fingerprint density at radius 1 is 1.15 bits per heavy atom. The van der Waals surface area contributed by atoms with E-state index in [1.165, 1.54) is 12.1 Å². The lowest BCUT2D eigenvalue weighted by Gasteiger charge is -2.31. The topological polar surface area (TPSA) is 130 Å². The van der Waals surface area contributed by atoms with Crippen LogP contribution in [0.2, 0.25) is 0 Å². The molecule has 0 unspecified atom stereocenters. The number of aliphatic hydroxyl groups is 1. The molecule has 33 heavy (non-hydrogen) atoms. The first-order valence-electron chi connectivity index (χ1n) is 11.0. The van der Waals surface area contributed by atoms with Crippen molar-refractivity contribution >= 4 is 38.3 Å². The van der Waals surface area contributed by atoms with Gasteiger partial charge in [-0.05, 0) is 50.8 Å². The molecule has 0 spiro atoms. The van der Waals surface area contributed by atoms with Crippen LogP contribution in [0.1, 0.15) is 50.6 Å². The zero-order valence-corrected chi connectivity index (χ0v) is 18.9. The number of rotatable bonds is 6. The van der Waals surface area contributed by atoms with Crippen LogP contribution in [0.25, 0.3) is 22.1 Å². The molecule has 4 aromatic rings. The molecule has 9 nitrogen and oxygen atoms in total. The number of nitrogens with one attached hydrogen (secondary N) is 2. The standard InChI is InChI=1S/C23H25N5O4S/c1-14(30)22-26-19-20(28(22)16-9-7-15(8-10-16)25-13-29)18-11-12-24-21(18)27-23(19)33(31,32)17-5-3-2-4-6-17/h2-6,11-16,30H,7-10H2,1H3,(H,24,27)(H,25,29)/t14-,15?,16?/m1/s1. The molecular weight excluding hydrogens is 442 g/mol. The van der Waals surface area contributed by atoms with Crippen LogP contribution < -0.4 is 5.32 Å². The Morgan fingerprint density at radius 2 is 1.88 bits per heavy atom. The van der Waals surface area contributed by atoms with E-state index in [0.29, 0.717) is 17.0 Å². The smallest absolute Gasteiger partial charge is 0.226 e. The number of imidazole rings is 1. The van der Waals surface area contributed by atoms with E-state index in [9.17, 15) is 18.3 Å². The maximum Gasteiger partial charge on any atom is 0.226 e. The number of nitrogens with zero attached hydrogens (tertiary/aromatic N) is 3. The molecule has 10 heteroatoms. The molecule has 172 valence electrons. The number of amides is 1. The maximum atomic E-state index is 13.6. The second-order valence-corrected chi connectivity index (χ2v) is 10.3. The van der Waals surface area contributed by atoms with E-state index in [4.69, 9.17) is 0 Å². The molecule has 0 saturated heterocycles. The average molecular weight is 468 g/mol. The number of aromatic nitrogens is 4. The van der Waals surface area contributed by atoms with Gasteiger partial charge in [-0.15, -0.1) is 0 Å². The van der Waals surface area contributed by atoms with Crippen molar-refractivity contribution in [2.45, 2.75) is 60.7 Å². The van der Waals surface area contributed by atoms with Crippen LogP contribution in [0, 0.1) is 0 Å². The summed E-state index contributed by atoms with van der Waals surface area (Å²) in [4.78, 5) is 23.1. The quantitative estimate of drug-likeness (QED) is 0.374. The van der Waals surface area contributed by atoms with E-state index in [0.717, 1.165) is 37.5 Å². The summed E-state index contributed by atoms with van der Waals surface area (Å²) in [7, 11) is -3.95. The fourth-order valence-electron chi connectivity index (χ4n) is 4.82. The second-order valence-electron chi connectivity index (χ2n) is 8.48. The number of benzene rings is 1. The van der Waals surface area contributed by atoms with Crippen LogP contribution in [-0.2, 0) is 14.6 Å². The number of carbonyl (C=O) groups is 1. The van der Waals surface area contributed by atoms with E-state index in [-0.39, 0.29) is 27.5 Å². The highest BCUT2D eigenvalue weighted by atomic mass is 32.2. The molecule has 0 bridgehead atoms. The predicted octanol–water partition coefficient (Wildman–Crippen LogP) is 3.03. The van der Waals surface area contributed by atoms with E-state index in [2.05, 4.69) is 20.3 Å². The first-order chi connectivity index (χ1) is 15.9. The number of hydrogen-bond acceptors (Lipinski definition) is 6. The van der Waals surface area contributed by atoms with Gasteiger partial charge >= 0.3 is 0 Å². The van der Waals surface area contributed by atoms with Crippen molar-refractivity contribution < 1.29 is 18.3 Å². The van der Waals surface area contributed by atoms with Crippen molar-refractivity contribution in [2.75, 3.05) is 0 Å². The number of fused-ring (bicyclic) bond motifs is 3. The zero-order valence-electron chi connectivity index (χ0n) is 18.1. The number of carbonyl (C=O) groups excluding carboxylic acids is 1. The van der Waals surface area contributed by atoms with Crippen molar-refractivity contribution in [3.8, 4) is 0 Å². The molecule has 1 amide bonds. The minimum absolute atomic E-state index is 0.0112. The molecule has 1 aliphatic rings. The molecule has 1 saturated carbocycles. The SMILES string of the molecule is C[C@@H](O)c1nc2c(S(=O)(=O)c3ccccc3)nc3[nH]ccc3c2n1C1CCC(NC=O)CC1. The Balaban J connectivity index is 1.75. The lowest BCUT2D eigenvalue weighted by Crippen LogP contribution is -2.33. The first-order valence-corrected chi connectivity index (χ1v) is 12.5. The lowest BCUT2D eigenvalue weighted by molar-refractivity contribution is -0.110. The highest BCUT2D eigenvalue weighted by molar-refractivity contribution is 7.91. The van der Waals surface area contributed by atoms with Gasteiger partial charge in [-0.2, -0.15) is 0 Å². The summed E-state index contributed by atoms with van der Waals surface area (Å²) in [5.74, 6) is 0.414. The Bertz CT molecular complexity index is 1420. The van der Waals surface area contributed by atoms with Crippen LogP contribution in [-0.4, -0.2) is 45.5 Å². The molecular formula is C23H25N5O4S. The minimum Gasteiger partial charge on any atom is -0.385 e. The second kappa shape index (κ2) is 8.27. The molecule has 1 aromatic carbocycles. The molecule has 3 aromatic heterocycles. The summed E-state index contributed by atoms with van der Waals surface area (Å²) in [5, 5.41) is 14.1. The third-order valence-corrected chi connectivity index (χ3v) is 8.07. The van der Waals surface area contributed by atoms with Gasteiger partial charge in [0.2, 0.25) is 16.2 Å². The van der Waals surface area contributed by atoms with Gasteiger partial charge in [-0.3, -0.25) is 4.79 Å². The van der Waals surface area contributed by atoms with Crippen molar-refractivity contribution in [3.63, 3.8) is 0 Å². The van der Waals surface area contributed by atoms with E-state index in [1.54, 1.807) is 31.3 Å². The number of sulfone groups is 1. The largest absolute Gasteiger partial charge is 0.385 e. The summed E-state index contributed by atoms with van der Waals surface area (Å²) in [5.41, 5.74) is 1.36. The Labute approximate surface area is 190 Å². The van der Waals surface area contributed by atoms with Gasteiger partial charge in [-0.25, -0.2) is 18.4 Å². The van der Waals surface area contributed by atoms with Gasteiger partial charge in [0.15, 0.2) is 5.03 Å². The van der Waals surface area contributed by atoms with Crippen LogP contribution in [0.3, 0.4) is 0 Å². The number of H-pyrrole nitrogens is 1. The minimum atomic E-state index is -3.95. The Kier molecular flexibility index (Phi) is 5.41. The number of pyridine rings is 1. The van der Waals surface area contributed by atoms with Gasteiger partial charge in [0, 0.05) is 23.7 Å². The van der Waals surface area contributed by atoms with E-state index >= 15 is 0 Å². The van der Waals surface area contributed by atoms with Crippen LogP contribution in [0.15, 0.2) is 52.5 Å². The van der Waals surface area contributed by atoms with Crippen LogP contribution in [0.5, 0.6) is 0 Å². The third-order valence-electron chi connectivity index (χ3n) is 6.38. The summed E-state index contributed by atoms with van der Waals surface area (Å²) in [6, 6.07) is 10.2. The predicted molar refractivity (Wildman–Crippen MR) is 122 cm³/mol. The normalized spacial score (nSPS) is 20.2. The highest BCUT2D eigenvalue weighted by Crippen LogP contribution is 2.39. The van der Waals surface area contributed by atoms with Crippen molar-refractivity contribution in [1.82, 2.24) is 24.8 Å². The van der Waals surface area contributed by atoms with Gasteiger partial charge in [-0.1, -0.05) is 18.2 Å². The molecule has 0 aliphatic heterocycles. The van der Waals surface area contributed by atoms with Gasteiger partial charge in [0.25, 0.3) is 0 Å². The molecule has 1 aliphatic carbocycles. The molecule has 1 fully saturated rings. The summed E-state index contributed by atoms with van der Waals surface area (Å²) in [6.07, 6.45) is 4.67. The fraction of sp³-hybridized carbons (Fsp3) is 0.348. The fourth-order valence-corrected chi connectivity index (χ4v) is 6.16. The van der Waals surface area contributed by atoms with Gasteiger partial charge in [0.1, 0.15) is 23.1 Å². The number of aromatic amines is 1.